The van der Waals surface area contributed by atoms with Crippen molar-refractivity contribution < 1.29 is 13.9 Å². The van der Waals surface area contributed by atoms with Gasteiger partial charge in [0.2, 0.25) is 5.88 Å². The highest BCUT2D eigenvalue weighted by atomic mass is 35.5. The lowest BCUT2D eigenvalue weighted by Crippen LogP contribution is -2.48. The molecule has 0 saturated heterocycles. The van der Waals surface area contributed by atoms with Crippen LogP contribution < -0.4 is 26.9 Å². The number of amides is 2. The third-order valence-electron chi connectivity index (χ3n) is 4.13. The summed E-state index contributed by atoms with van der Waals surface area (Å²) in [5.74, 6) is 10.7. The fourth-order valence-corrected chi connectivity index (χ4v) is 2.69. The van der Waals surface area contributed by atoms with Gasteiger partial charge in [-0.25, -0.2) is 30.6 Å². The maximum atomic E-state index is 14.0. The van der Waals surface area contributed by atoms with Gasteiger partial charge < -0.3 is 4.74 Å². The van der Waals surface area contributed by atoms with Crippen molar-refractivity contribution in [2.24, 2.45) is 11.7 Å². The molecular formula is C18H18ClFN6O2. The first-order valence-electron chi connectivity index (χ1n) is 8.18. The minimum atomic E-state index is -0.751. The molecule has 0 aliphatic rings. The molecule has 5 N–H and O–H groups in total. The lowest BCUT2D eigenvalue weighted by molar-refractivity contribution is 0.246. The molecule has 10 heteroatoms. The number of urea groups is 1. The molecule has 2 amide bonds. The number of hydrogen-bond donors (Lipinski definition) is 3. The Labute approximate surface area is 165 Å². The molecule has 3 rings (SSSR count). The van der Waals surface area contributed by atoms with Crippen LogP contribution in [0, 0.1) is 12.7 Å². The van der Waals surface area contributed by atoms with E-state index in [2.05, 4.69) is 5.10 Å². The summed E-state index contributed by atoms with van der Waals surface area (Å²) in [6, 6.07) is 10.6. The average Bonchev–Trinajstić information content (AvgIpc) is 3.17. The molecule has 8 nitrogen and oxygen atoms in total. The van der Waals surface area contributed by atoms with Gasteiger partial charge >= 0.3 is 6.03 Å². The van der Waals surface area contributed by atoms with E-state index in [0.717, 1.165) is 10.7 Å². The van der Waals surface area contributed by atoms with Crippen LogP contribution in [0.5, 0.6) is 5.88 Å². The Morgan fingerprint density at radius 3 is 2.68 bits per heavy atom. The van der Waals surface area contributed by atoms with Crippen LogP contribution in [-0.4, -0.2) is 15.8 Å². The monoisotopic (exact) mass is 404 g/mol. The van der Waals surface area contributed by atoms with Crippen molar-refractivity contribution in [2.45, 2.75) is 13.5 Å². The number of rotatable bonds is 5. The summed E-state index contributed by atoms with van der Waals surface area (Å²) in [5, 5.41) is 5.73. The van der Waals surface area contributed by atoms with Crippen molar-refractivity contribution in [3.8, 4) is 11.6 Å². The van der Waals surface area contributed by atoms with Gasteiger partial charge in [0.15, 0.2) is 0 Å². The van der Waals surface area contributed by atoms with Crippen LogP contribution >= 0.6 is 11.6 Å². The minimum Gasteiger partial charge on any atom is -0.472 e. The van der Waals surface area contributed by atoms with Crippen LogP contribution in [0.2, 0.25) is 5.02 Å². The zero-order valence-electron chi connectivity index (χ0n) is 14.9. The third kappa shape index (κ3) is 4.06. The third-order valence-corrected chi connectivity index (χ3v) is 4.38. The fourth-order valence-electron chi connectivity index (χ4n) is 2.57. The van der Waals surface area contributed by atoms with Crippen molar-refractivity contribution in [1.82, 2.24) is 15.2 Å². The molecule has 1 heterocycles. The smallest absolute Gasteiger partial charge is 0.350 e. The average molecular weight is 405 g/mol. The van der Waals surface area contributed by atoms with Crippen LogP contribution in [0.15, 0.2) is 48.7 Å². The molecule has 0 unspecified atom stereocenters. The van der Waals surface area contributed by atoms with Gasteiger partial charge in [0.05, 0.1) is 11.4 Å². The van der Waals surface area contributed by atoms with Crippen LogP contribution in [0.3, 0.4) is 0 Å². The van der Waals surface area contributed by atoms with E-state index in [1.165, 1.54) is 12.1 Å². The number of hydrogen-bond acceptors (Lipinski definition) is 5. The van der Waals surface area contributed by atoms with Crippen LogP contribution in [0.4, 0.5) is 14.9 Å². The molecular weight excluding hydrogens is 387 g/mol. The highest BCUT2D eigenvalue weighted by Crippen LogP contribution is 2.26. The second-order valence-electron chi connectivity index (χ2n) is 5.85. The van der Waals surface area contributed by atoms with Gasteiger partial charge in [0, 0.05) is 22.8 Å². The minimum absolute atomic E-state index is 0.0535. The van der Waals surface area contributed by atoms with E-state index >= 15 is 0 Å². The summed E-state index contributed by atoms with van der Waals surface area (Å²) in [6.45, 7) is 1.51. The number of carbonyl (C=O) groups is 1. The van der Waals surface area contributed by atoms with E-state index in [1.807, 2.05) is 17.6 Å². The molecule has 0 radical (unpaired) electrons. The molecule has 28 heavy (non-hydrogen) atoms. The molecule has 0 spiro atoms. The zero-order chi connectivity index (χ0) is 20.3. The van der Waals surface area contributed by atoms with E-state index in [1.54, 1.807) is 36.0 Å². The maximum absolute atomic E-state index is 14.0. The topological polar surface area (TPSA) is 111 Å². The van der Waals surface area contributed by atoms with Crippen LogP contribution in [-0.2, 0) is 6.61 Å². The van der Waals surface area contributed by atoms with E-state index in [9.17, 15) is 9.18 Å². The molecule has 3 aromatic rings. The highest BCUT2D eigenvalue weighted by Gasteiger charge is 2.19. The second kappa shape index (κ2) is 8.26. The largest absolute Gasteiger partial charge is 0.472 e. The highest BCUT2D eigenvalue weighted by molar-refractivity contribution is 6.30. The number of benzene rings is 2. The Kier molecular flexibility index (Phi) is 5.78. The van der Waals surface area contributed by atoms with Crippen molar-refractivity contribution in [2.75, 3.05) is 5.01 Å². The SMILES string of the molecule is Cc1c(F)ccc(N(N)C(=O)NN)c1COc1ccn(-c2ccc(Cl)cc2)n1. The van der Waals surface area contributed by atoms with Gasteiger partial charge in [-0.3, -0.25) is 5.43 Å². The van der Waals surface area contributed by atoms with E-state index in [4.69, 9.17) is 28.0 Å². The summed E-state index contributed by atoms with van der Waals surface area (Å²) in [7, 11) is 0. The normalized spacial score (nSPS) is 10.6. The molecule has 0 bridgehead atoms. The Hall–Kier alpha value is -3.14. The maximum Gasteiger partial charge on any atom is 0.350 e. The van der Waals surface area contributed by atoms with Crippen molar-refractivity contribution in [3.05, 3.63) is 70.6 Å². The van der Waals surface area contributed by atoms with Crippen LogP contribution in [0.25, 0.3) is 5.69 Å². The fraction of sp³-hybridized carbons (Fsp3) is 0.111. The summed E-state index contributed by atoms with van der Waals surface area (Å²) in [4.78, 5) is 11.7. The Bertz CT molecular complexity index is 992. The van der Waals surface area contributed by atoms with Gasteiger partial charge in [0.25, 0.3) is 0 Å². The Balaban J connectivity index is 1.82. The number of anilines is 1. The van der Waals surface area contributed by atoms with Gasteiger partial charge in [-0.1, -0.05) is 11.6 Å². The summed E-state index contributed by atoms with van der Waals surface area (Å²) in [5.41, 5.74) is 3.69. The number of aromatic nitrogens is 2. The predicted molar refractivity (Wildman–Crippen MR) is 103 cm³/mol. The molecule has 146 valence electrons. The van der Waals surface area contributed by atoms with Crippen LogP contribution in [0.1, 0.15) is 11.1 Å². The lowest BCUT2D eigenvalue weighted by atomic mass is 10.1. The number of nitrogens with one attached hydrogen (secondary N) is 1. The van der Waals surface area contributed by atoms with Gasteiger partial charge in [-0.05, 0) is 48.9 Å². The molecule has 0 saturated carbocycles. The summed E-state index contributed by atoms with van der Waals surface area (Å²) in [6.07, 6.45) is 1.72. The first-order chi connectivity index (χ1) is 13.4. The Morgan fingerprint density at radius 2 is 2.00 bits per heavy atom. The molecule has 1 aromatic heterocycles. The number of hydrazine groups is 2. The van der Waals surface area contributed by atoms with Gasteiger partial charge in [0.1, 0.15) is 12.4 Å². The first kappa shape index (κ1) is 19.6. The number of nitrogens with two attached hydrogens (primary N) is 2. The van der Waals surface area contributed by atoms with E-state index in [-0.39, 0.29) is 12.3 Å². The van der Waals surface area contributed by atoms with Gasteiger partial charge in [-0.2, -0.15) is 0 Å². The molecule has 0 aliphatic carbocycles. The zero-order valence-corrected chi connectivity index (χ0v) is 15.7. The number of ether oxygens (including phenoxy) is 1. The lowest BCUT2D eigenvalue weighted by Gasteiger charge is -2.21. The van der Waals surface area contributed by atoms with Crippen molar-refractivity contribution in [3.63, 3.8) is 0 Å². The number of halogens is 2. The molecule has 2 aromatic carbocycles. The van der Waals surface area contributed by atoms with Gasteiger partial charge in [-0.15, -0.1) is 5.10 Å². The van der Waals surface area contributed by atoms with Crippen molar-refractivity contribution >= 4 is 23.3 Å². The van der Waals surface area contributed by atoms with Crippen molar-refractivity contribution in [1.29, 1.82) is 0 Å². The molecule has 0 fully saturated rings. The predicted octanol–water partition coefficient (Wildman–Crippen LogP) is 2.82. The molecule has 0 aliphatic heterocycles. The number of nitrogens with zero attached hydrogens (tertiary/aromatic N) is 3. The standard InChI is InChI=1S/C18H18ClFN6O2/c1-11-14(16(7-6-15(11)20)26(22)18(27)23-21)10-28-17-8-9-25(24-17)13-4-2-12(19)3-5-13/h2-9H,10,21-22H2,1H3,(H,23,27). The second-order valence-corrected chi connectivity index (χ2v) is 6.29. The molecule has 0 atom stereocenters. The quantitative estimate of drug-likeness (QED) is 0.344. The van der Waals surface area contributed by atoms with E-state index < -0.39 is 11.8 Å². The summed E-state index contributed by atoms with van der Waals surface area (Å²) >= 11 is 5.89. The van der Waals surface area contributed by atoms with E-state index in [0.29, 0.717) is 22.0 Å². The first-order valence-corrected chi connectivity index (χ1v) is 8.56. The Morgan fingerprint density at radius 1 is 1.29 bits per heavy atom. The number of carbonyl (C=O) groups excluding carboxylic acids is 1. The summed E-state index contributed by atoms with van der Waals surface area (Å²) < 4.78 is 21.3.